The molecule has 0 spiro atoms. The Kier molecular flexibility index (Phi) is 3.98. The van der Waals surface area contributed by atoms with Crippen molar-refractivity contribution in [2.45, 2.75) is 6.92 Å². The smallest absolute Gasteiger partial charge is 0.310 e. The molecule has 0 radical (unpaired) electrons. The Morgan fingerprint density at radius 3 is 2.81 bits per heavy atom. The van der Waals surface area contributed by atoms with Gasteiger partial charge in [-0.05, 0) is 18.3 Å². The van der Waals surface area contributed by atoms with Gasteiger partial charge in [0.05, 0.1) is 17.5 Å². The Bertz CT molecular complexity index is 832. The van der Waals surface area contributed by atoms with E-state index >= 15 is 0 Å². The zero-order valence-corrected chi connectivity index (χ0v) is 11.9. The molecule has 0 saturated heterocycles. The van der Waals surface area contributed by atoms with Crippen molar-refractivity contribution >= 4 is 23.0 Å². The van der Waals surface area contributed by atoms with E-state index in [1.54, 1.807) is 7.05 Å². The zero-order valence-electron chi connectivity index (χ0n) is 11.1. The summed E-state index contributed by atoms with van der Waals surface area (Å²) in [6.07, 6.45) is 2.86. The summed E-state index contributed by atoms with van der Waals surface area (Å²) in [4.78, 5) is 35.7. The molecule has 21 heavy (non-hydrogen) atoms. The normalized spacial score (nSPS) is 11.4. The number of nitrogens with zero attached hydrogens (tertiary/aromatic N) is 3. The lowest BCUT2D eigenvalue weighted by Crippen LogP contribution is -2.25. The van der Waals surface area contributed by atoms with E-state index in [1.165, 1.54) is 24.0 Å². The lowest BCUT2D eigenvalue weighted by atomic mass is 10.2. The summed E-state index contributed by atoms with van der Waals surface area (Å²) in [6, 6.07) is 0. The Hall–Kier alpha value is -2.75. The van der Waals surface area contributed by atoms with Crippen LogP contribution in [0.2, 0.25) is 0 Å². The Morgan fingerprint density at radius 1 is 1.52 bits per heavy atom. The Balaban J connectivity index is 2.24. The van der Waals surface area contributed by atoms with Crippen molar-refractivity contribution in [3.8, 4) is 5.06 Å². The van der Waals surface area contributed by atoms with Crippen molar-refractivity contribution in [3.63, 3.8) is 0 Å². The Labute approximate surface area is 121 Å². The molecular formula is C11H11N5O4S. The molecule has 0 bridgehead atoms. The number of carbonyl (C=O) groups excluding carboxylic acids is 1. The van der Waals surface area contributed by atoms with E-state index in [-0.39, 0.29) is 11.3 Å². The quantitative estimate of drug-likeness (QED) is 0.514. The third-order valence-electron chi connectivity index (χ3n) is 2.50. The first kappa shape index (κ1) is 14.7. The number of rotatable bonds is 3. The molecular weight excluding hydrogens is 298 g/mol. The lowest BCUT2D eigenvalue weighted by molar-refractivity contribution is 0.0954. The lowest BCUT2D eigenvalue weighted by Gasteiger charge is -2.02. The van der Waals surface area contributed by atoms with E-state index in [1.807, 2.05) is 4.98 Å². The van der Waals surface area contributed by atoms with Crippen LogP contribution in [0.1, 0.15) is 22.8 Å². The van der Waals surface area contributed by atoms with Gasteiger partial charge in [0.1, 0.15) is 5.56 Å². The maximum Gasteiger partial charge on any atom is 0.310 e. The minimum atomic E-state index is -0.770. The molecule has 0 aliphatic rings. The predicted octanol–water partition coefficient (Wildman–Crippen LogP) is -0.610. The highest BCUT2D eigenvalue weighted by Crippen LogP contribution is 2.14. The second-order valence-electron chi connectivity index (χ2n) is 4.06. The molecule has 3 N–H and O–H groups in total. The Morgan fingerprint density at radius 2 is 2.24 bits per heavy atom. The number of hydrogen-bond acceptors (Lipinski definition) is 7. The number of amides is 1. The molecule has 2 aromatic rings. The first-order valence-electron chi connectivity index (χ1n) is 5.68. The van der Waals surface area contributed by atoms with Gasteiger partial charge in [-0.3, -0.25) is 24.0 Å². The van der Waals surface area contributed by atoms with Crippen molar-refractivity contribution in [1.82, 2.24) is 20.2 Å². The number of hydrazone groups is 1. The van der Waals surface area contributed by atoms with Gasteiger partial charge in [0, 0.05) is 13.2 Å². The van der Waals surface area contributed by atoms with Crippen LogP contribution in [0.5, 0.6) is 5.06 Å². The molecule has 2 rings (SSSR count). The van der Waals surface area contributed by atoms with Crippen LogP contribution >= 0.6 is 11.3 Å². The van der Waals surface area contributed by atoms with Crippen molar-refractivity contribution < 1.29 is 9.90 Å². The summed E-state index contributed by atoms with van der Waals surface area (Å²) >= 11 is 0.473. The van der Waals surface area contributed by atoms with Gasteiger partial charge < -0.3 is 5.11 Å². The van der Waals surface area contributed by atoms with E-state index in [4.69, 9.17) is 0 Å². The van der Waals surface area contributed by atoms with Gasteiger partial charge in [0.15, 0.2) is 5.06 Å². The highest BCUT2D eigenvalue weighted by atomic mass is 32.1. The number of aromatic hydroxyl groups is 1. The van der Waals surface area contributed by atoms with Crippen LogP contribution in [-0.4, -0.2) is 31.5 Å². The number of nitrogens with one attached hydrogen (secondary N) is 2. The van der Waals surface area contributed by atoms with Gasteiger partial charge in [-0.25, -0.2) is 5.43 Å². The van der Waals surface area contributed by atoms with Crippen LogP contribution in [0.4, 0.5) is 0 Å². The fraction of sp³-hybridized carbons (Fsp3) is 0.182. The fourth-order valence-electron chi connectivity index (χ4n) is 1.53. The third-order valence-corrected chi connectivity index (χ3v) is 3.18. The standard InChI is InChI=1S/C11H11N5O4S/c1-5(7-9(18)13-11(20)21-10(7)19)14-15-8(17)6-3-12-16(2)4-6/h3-4,19H,1-2H3,(H,15,17)(H,13,18,20)/b14-5-. The van der Waals surface area contributed by atoms with E-state index < -0.39 is 21.4 Å². The molecule has 2 aromatic heterocycles. The highest BCUT2D eigenvalue weighted by molar-refractivity contribution is 7.11. The van der Waals surface area contributed by atoms with Crippen molar-refractivity contribution in [2.75, 3.05) is 0 Å². The van der Waals surface area contributed by atoms with E-state index in [0.29, 0.717) is 16.9 Å². The molecule has 0 aliphatic heterocycles. The molecule has 0 unspecified atom stereocenters. The van der Waals surface area contributed by atoms with Gasteiger partial charge in [-0.1, -0.05) is 0 Å². The van der Waals surface area contributed by atoms with Gasteiger partial charge in [-0.15, -0.1) is 0 Å². The molecule has 0 fully saturated rings. The second-order valence-corrected chi connectivity index (χ2v) is 5.03. The average Bonchev–Trinajstić information content (AvgIpc) is 2.81. The van der Waals surface area contributed by atoms with E-state index in [2.05, 4.69) is 15.6 Å². The average molecular weight is 309 g/mol. The summed E-state index contributed by atoms with van der Waals surface area (Å²) in [5.41, 5.74) is 1.67. The summed E-state index contributed by atoms with van der Waals surface area (Å²) in [7, 11) is 1.66. The van der Waals surface area contributed by atoms with Crippen molar-refractivity contribution in [3.05, 3.63) is 43.5 Å². The molecule has 9 nitrogen and oxygen atoms in total. The molecule has 10 heteroatoms. The van der Waals surface area contributed by atoms with Crippen LogP contribution in [0.15, 0.2) is 27.1 Å². The number of aryl methyl sites for hydroxylation is 1. The van der Waals surface area contributed by atoms with Gasteiger partial charge in [0.25, 0.3) is 11.5 Å². The van der Waals surface area contributed by atoms with Gasteiger partial charge >= 0.3 is 4.87 Å². The third kappa shape index (κ3) is 3.23. The van der Waals surface area contributed by atoms with Crippen molar-refractivity contribution in [1.29, 1.82) is 0 Å². The maximum absolute atomic E-state index is 11.8. The van der Waals surface area contributed by atoms with E-state index in [0.717, 1.165) is 0 Å². The topological polar surface area (TPSA) is 129 Å². The fourth-order valence-corrected chi connectivity index (χ4v) is 2.19. The summed E-state index contributed by atoms with van der Waals surface area (Å²) in [6.45, 7) is 1.42. The number of aromatic nitrogens is 3. The SMILES string of the molecule is C/C(=N/NC(=O)c1cnn(C)c1)c1c(O)sc(=O)[nH]c1=O. The first-order chi connectivity index (χ1) is 9.88. The monoisotopic (exact) mass is 309 g/mol. The second kappa shape index (κ2) is 5.71. The maximum atomic E-state index is 11.8. The molecule has 0 atom stereocenters. The minimum absolute atomic E-state index is 0.0715. The molecule has 2 heterocycles. The van der Waals surface area contributed by atoms with Crippen LogP contribution < -0.4 is 15.9 Å². The molecule has 0 aliphatic carbocycles. The summed E-state index contributed by atoms with van der Waals surface area (Å²) < 4.78 is 1.46. The molecule has 110 valence electrons. The zero-order chi connectivity index (χ0) is 15.6. The van der Waals surface area contributed by atoms with Gasteiger partial charge in [-0.2, -0.15) is 10.2 Å². The van der Waals surface area contributed by atoms with Crippen LogP contribution in [-0.2, 0) is 7.05 Å². The largest absolute Gasteiger partial charge is 0.499 e. The van der Waals surface area contributed by atoms with Gasteiger partial charge in [0.2, 0.25) is 0 Å². The predicted molar refractivity (Wildman–Crippen MR) is 75.8 cm³/mol. The van der Waals surface area contributed by atoms with Crippen LogP contribution in [0, 0.1) is 0 Å². The highest BCUT2D eigenvalue weighted by Gasteiger charge is 2.13. The number of hydrogen-bond donors (Lipinski definition) is 3. The number of aromatic amines is 1. The molecule has 0 saturated carbocycles. The summed E-state index contributed by atoms with van der Waals surface area (Å²) in [5, 5.41) is 16.7. The van der Waals surface area contributed by atoms with Crippen LogP contribution in [0.25, 0.3) is 0 Å². The van der Waals surface area contributed by atoms with Crippen molar-refractivity contribution in [2.24, 2.45) is 12.1 Å². The first-order valence-corrected chi connectivity index (χ1v) is 6.50. The van der Waals surface area contributed by atoms with E-state index in [9.17, 15) is 19.5 Å². The number of H-pyrrole nitrogens is 1. The van der Waals surface area contributed by atoms with Crippen LogP contribution in [0.3, 0.4) is 0 Å². The molecule has 1 amide bonds. The number of carbonyl (C=O) groups is 1. The summed E-state index contributed by atoms with van der Waals surface area (Å²) in [5.74, 6) is -0.512. The minimum Gasteiger partial charge on any atom is -0.499 e. The molecule has 0 aromatic carbocycles.